The lowest BCUT2D eigenvalue weighted by Crippen LogP contribution is -2.23. The molecule has 4 atom stereocenters. The molecular weight excluding hydrogens is 138 g/mol. The van der Waals surface area contributed by atoms with Crippen molar-refractivity contribution in [3.63, 3.8) is 0 Å². The minimum absolute atomic E-state index is 0.298. The van der Waals surface area contributed by atoms with Crippen molar-refractivity contribution in [3.8, 4) is 0 Å². The Bertz CT molecular complexity index is 246. The largest absolute Gasteiger partial charge is 0.356 e. The van der Waals surface area contributed by atoms with E-state index in [1.165, 1.54) is 6.42 Å². The molecule has 0 radical (unpaired) electrons. The maximum Gasteiger partial charge on any atom is 0.224 e. The molecule has 1 aliphatic heterocycles. The highest BCUT2D eigenvalue weighted by atomic mass is 16.2. The maximum absolute atomic E-state index is 11.3. The molecule has 1 N–H and O–H groups in total. The van der Waals surface area contributed by atoms with Crippen LogP contribution in [-0.4, -0.2) is 12.5 Å². The molecule has 1 heterocycles. The van der Waals surface area contributed by atoms with Gasteiger partial charge in [0.05, 0.1) is 0 Å². The Morgan fingerprint density at radius 1 is 1.36 bits per heavy atom. The second-order valence-electron chi connectivity index (χ2n) is 3.88. The Kier molecular flexibility index (Phi) is 0.888. The molecule has 4 unspecified atom stereocenters. The third kappa shape index (κ3) is 0.561. The fourth-order valence-electron chi connectivity index (χ4n) is 2.93. The number of hydrogen-bond acceptors (Lipinski definition) is 1. The third-order valence-corrected chi connectivity index (χ3v) is 3.44. The average Bonchev–Trinajstić information content (AvgIpc) is 2.60. The molecule has 58 valence electrons. The molecule has 1 amide bonds. The summed E-state index contributed by atoms with van der Waals surface area (Å²) in [4.78, 5) is 11.3. The Balaban J connectivity index is 2.03. The summed E-state index contributed by atoms with van der Waals surface area (Å²) in [5, 5.41) is 2.94. The Morgan fingerprint density at radius 2 is 2.18 bits per heavy atom. The molecule has 2 fully saturated rings. The van der Waals surface area contributed by atoms with E-state index >= 15 is 0 Å². The minimum atomic E-state index is 0.298. The van der Waals surface area contributed by atoms with Crippen LogP contribution in [0.4, 0.5) is 0 Å². The van der Waals surface area contributed by atoms with Crippen LogP contribution in [0.2, 0.25) is 0 Å². The molecular formula is C9H11NO. The molecule has 0 aromatic rings. The van der Waals surface area contributed by atoms with Crippen molar-refractivity contribution in [2.24, 2.45) is 23.7 Å². The molecule has 11 heavy (non-hydrogen) atoms. The minimum Gasteiger partial charge on any atom is -0.356 e. The van der Waals surface area contributed by atoms with E-state index in [1.807, 2.05) is 0 Å². The molecule has 1 saturated heterocycles. The quantitative estimate of drug-likeness (QED) is 0.501. The van der Waals surface area contributed by atoms with Gasteiger partial charge in [0.25, 0.3) is 0 Å². The lowest BCUT2D eigenvalue weighted by molar-refractivity contribution is -0.123. The molecule has 2 bridgehead atoms. The number of nitrogens with one attached hydrogen (secondary N) is 1. The fourth-order valence-corrected chi connectivity index (χ4v) is 2.93. The van der Waals surface area contributed by atoms with Crippen LogP contribution in [-0.2, 0) is 4.79 Å². The van der Waals surface area contributed by atoms with Gasteiger partial charge in [0.2, 0.25) is 5.91 Å². The van der Waals surface area contributed by atoms with Crippen LogP contribution >= 0.6 is 0 Å². The van der Waals surface area contributed by atoms with Crippen molar-refractivity contribution in [2.75, 3.05) is 6.54 Å². The first kappa shape index (κ1) is 5.81. The fraction of sp³-hybridized carbons (Fsp3) is 0.667. The number of rotatable bonds is 0. The first-order chi connectivity index (χ1) is 5.36. The molecule has 2 aliphatic carbocycles. The maximum atomic E-state index is 11.3. The summed E-state index contributed by atoms with van der Waals surface area (Å²) in [6.07, 6.45) is 5.77. The summed E-state index contributed by atoms with van der Waals surface area (Å²) in [5.41, 5.74) is 0. The Hall–Kier alpha value is -0.790. The monoisotopic (exact) mass is 149 g/mol. The van der Waals surface area contributed by atoms with E-state index in [2.05, 4.69) is 17.5 Å². The van der Waals surface area contributed by atoms with E-state index in [9.17, 15) is 4.79 Å². The summed E-state index contributed by atoms with van der Waals surface area (Å²) < 4.78 is 0. The molecule has 3 aliphatic rings. The van der Waals surface area contributed by atoms with Gasteiger partial charge in [-0.3, -0.25) is 4.79 Å². The lowest BCUT2D eigenvalue weighted by atomic mass is 9.86. The number of carbonyl (C=O) groups excluding carboxylic acids is 1. The molecule has 2 heteroatoms. The zero-order valence-electron chi connectivity index (χ0n) is 6.29. The molecule has 1 saturated carbocycles. The van der Waals surface area contributed by atoms with E-state index in [-0.39, 0.29) is 0 Å². The van der Waals surface area contributed by atoms with Gasteiger partial charge in [0.15, 0.2) is 0 Å². The van der Waals surface area contributed by atoms with Gasteiger partial charge in [-0.15, -0.1) is 0 Å². The van der Waals surface area contributed by atoms with Gasteiger partial charge in [0, 0.05) is 12.5 Å². The number of hydrogen-bond donors (Lipinski definition) is 1. The first-order valence-corrected chi connectivity index (χ1v) is 4.32. The van der Waals surface area contributed by atoms with Crippen LogP contribution in [0.15, 0.2) is 12.2 Å². The highest BCUT2D eigenvalue weighted by molar-refractivity contribution is 5.82. The zero-order valence-corrected chi connectivity index (χ0v) is 6.29. The van der Waals surface area contributed by atoms with Gasteiger partial charge < -0.3 is 5.32 Å². The van der Waals surface area contributed by atoms with Crippen molar-refractivity contribution in [3.05, 3.63) is 12.2 Å². The van der Waals surface area contributed by atoms with Gasteiger partial charge in [-0.1, -0.05) is 12.2 Å². The van der Waals surface area contributed by atoms with Crippen molar-refractivity contribution in [2.45, 2.75) is 6.42 Å². The van der Waals surface area contributed by atoms with Gasteiger partial charge >= 0.3 is 0 Å². The number of allylic oxidation sites excluding steroid dienone is 2. The molecule has 0 aromatic heterocycles. The predicted molar refractivity (Wildman–Crippen MR) is 40.7 cm³/mol. The van der Waals surface area contributed by atoms with E-state index < -0.39 is 0 Å². The molecule has 0 aromatic carbocycles. The number of carbonyl (C=O) groups is 1. The Morgan fingerprint density at radius 3 is 3.00 bits per heavy atom. The van der Waals surface area contributed by atoms with Crippen LogP contribution in [0.5, 0.6) is 0 Å². The third-order valence-electron chi connectivity index (χ3n) is 3.44. The second kappa shape index (κ2) is 1.68. The van der Waals surface area contributed by atoms with E-state index in [0.717, 1.165) is 6.54 Å². The van der Waals surface area contributed by atoms with Gasteiger partial charge in [-0.2, -0.15) is 0 Å². The highest BCUT2D eigenvalue weighted by Crippen LogP contribution is 2.49. The number of amides is 1. The highest BCUT2D eigenvalue weighted by Gasteiger charge is 2.51. The van der Waals surface area contributed by atoms with Crippen LogP contribution in [0.25, 0.3) is 0 Å². The first-order valence-electron chi connectivity index (χ1n) is 4.32. The van der Waals surface area contributed by atoms with Gasteiger partial charge in [-0.25, -0.2) is 0 Å². The Labute approximate surface area is 65.7 Å². The van der Waals surface area contributed by atoms with Gasteiger partial charge in [-0.05, 0) is 24.2 Å². The van der Waals surface area contributed by atoms with Crippen molar-refractivity contribution >= 4 is 5.91 Å². The summed E-state index contributed by atoms with van der Waals surface area (Å²) in [5.74, 6) is 2.56. The van der Waals surface area contributed by atoms with Crippen molar-refractivity contribution in [1.82, 2.24) is 5.32 Å². The lowest BCUT2D eigenvalue weighted by Gasteiger charge is -2.15. The van der Waals surface area contributed by atoms with Crippen molar-refractivity contribution in [1.29, 1.82) is 0 Å². The summed E-state index contributed by atoms with van der Waals surface area (Å²) in [7, 11) is 0. The SMILES string of the molecule is O=C1NCC2C3C=CC(C3)C12. The van der Waals surface area contributed by atoms with E-state index in [1.54, 1.807) is 0 Å². The summed E-state index contributed by atoms with van der Waals surface area (Å²) >= 11 is 0. The van der Waals surface area contributed by atoms with Crippen LogP contribution in [0.1, 0.15) is 6.42 Å². The molecule has 2 nitrogen and oxygen atoms in total. The summed E-state index contributed by atoms with van der Waals surface area (Å²) in [6.45, 7) is 0.926. The summed E-state index contributed by atoms with van der Waals surface area (Å²) in [6, 6.07) is 0. The zero-order chi connectivity index (χ0) is 7.42. The number of fused-ring (bicyclic) bond motifs is 5. The van der Waals surface area contributed by atoms with E-state index in [0.29, 0.717) is 29.6 Å². The van der Waals surface area contributed by atoms with E-state index in [4.69, 9.17) is 0 Å². The topological polar surface area (TPSA) is 29.1 Å². The van der Waals surface area contributed by atoms with Gasteiger partial charge in [0.1, 0.15) is 0 Å². The predicted octanol–water partition coefficient (Wildman–Crippen LogP) is 0.554. The smallest absolute Gasteiger partial charge is 0.224 e. The average molecular weight is 149 g/mol. The standard InChI is InChI=1S/C9H11NO/c11-9-8-6-2-1-5(3-6)7(8)4-10-9/h1-2,5-8H,3-4H2,(H,10,11). The van der Waals surface area contributed by atoms with Crippen LogP contribution in [0.3, 0.4) is 0 Å². The van der Waals surface area contributed by atoms with Crippen molar-refractivity contribution < 1.29 is 4.79 Å². The van der Waals surface area contributed by atoms with Crippen LogP contribution in [0, 0.1) is 23.7 Å². The second-order valence-corrected chi connectivity index (χ2v) is 3.88. The molecule has 0 spiro atoms. The normalized spacial score (nSPS) is 51.5. The molecule has 3 rings (SSSR count). The van der Waals surface area contributed by atoms with Crippen LogP contribution < -0.4 is 5.32 Å².